The first-order valence-corrected chi connectivity index (χ1v) is 13.8. The predicted molar refractivity (Wildman–Crippen MR) is 149 cm³/mol. The summed E-state index contributed by atoms with van der Waals surface area (Å²) in [6.07, 6.45) is 6.17. The molecule has 2 fully saturated rings. The Morgan fingerprint density at radius 3 is 2.76 bits per heavy atom. The Morgan fingerprint density at radius 1 is 1.11 bits per heavy atom. The molecule has 2 saturated heterocycles. The average molecular weight is 501 g/mol. The van der Waals surface area contributed by atoms with E-state index in [2.05, 4.69) is 69.6 Å². The summed E-state index contributed by atoms with van der Waals surface area (Å²) in [4.78, 5) is 22.5. The Balaban J connectivity index is 1.23. The number of amides is 1. The van der Waals surface area contributed by atoms with Gasteiger partial charge in [0.2, 0.25) is 5.91 Å². The first-order valence-electron chi connectivity index (χ1n) is 13.8. The molecule has 0 spiro atoms. The summed E-state index contributed by atoms with van der Waals surface area (Å²) in [5.74, 6) is 1.23. The van der Waals surface area contributed by atoms with Crippen molar-refractivity contribution in [3.63, 3.8) is 0 Å². The number of hydrogen-bond donors (Lipinski definition) is 1. The number of carbonyl (C=O) groups is 1. The predicted octanol–water partition coefficient (Wildman–Crippen LogP) is 4.66. The van der Waals surface area contributed by atoms with Gasteiger partial charge in [-0.3, -0.25) is 14.7 Å². The third-order valence-corrected chi connectivity index (χ3v) is 8.02. The lowest BCUT2D eigenvalue weighted by Crippen LogP contribution is -2.47. The second-order valence-corrected chi connectivity index (χ2v) is 11.0. The van der Waals surface area contributed by atoms with Crippen LogP contribution in [-0.4, -0.2) is 66.6 Å². The molecule has 0 saturated carbocycles. The van der Waals surface area contributed by atoms with Gasteiger partial charge in [0.25, 0.3) is 0 Å². The summed E-state index contributed by atoms with van der Waals surface area (Å²) in [6, 6.07) is 19.7. The summed E-state index contributed by atoms with van der Waals surface area (Å²) >= 11 is 0. The topological polar surface area (TPSA) is 57.7 Å². The summed E-state index contributed by atoms with van der Waals surface area (Å²) in [5, 5.41) is 5.78. The van der Waals surface area contributed by atoms with Crippen molar-refractivity contribution in [2.24, 2.45) is 11.8 Å². The van der Waals surface area contributed by atoms with Crippen molar-refractivity contribution < 1.29 is 9.53 Å². The minimum atomic E-state index is -0.0275. The molecule has 3 heterocycles. The highest BCUT2D eigenvalue weighted by atomic mass is 16.5. The van der Waals surface area contributed by atoms with Gasteiger partial charge >= 0.3 is 0 Å². The second-order valence-electron chi connectivity index (χ2n) is 11.0. The van der Waals surface area contributed by atoms with Crippen molar-refractivity contribution in [1.29, 1.82) is 0 Å². The first-order chi connectivity index (χ1) is 18.0. The Morgan fingerprint density at radius 2 is 1.97 bits per heavy atom. The van der Waals surface area contributed by atoms with Crippen LogP contribution in [0.15, 0.2) is 60.8 Å². The Labute approximate surface area is 221 Å². The smallest absolute Gasteiger partial charge is 0.224 e. The largest absolute Gasteiger partial charge is 0.492 e. The van der Waals surface area contributed by atoms with Gasteiger partial charge in [-0.2, -0.15) is 0 Å². The molecular formula is C31H40N4O2. The number of rotatable bonds is 9. The molecule has 1 N–H and O–H groups in total. The number of piperidine rings is 1. The maximum atomic E-state index is 13.3. The van der Waals surface area contributed by atoms with Crippen LogP contribution >= 0.6 is 0 Å². The van der Waals surface area contributed by atoms with Crippen molar-refractivity contribution in [2.75, 3.05) is 39.8 Å². The fraction of sp³-hybridized carbons (Fsp3) is 0.484. The van der Waals surface area contributed by atoms with Crippen molar-refractivity contribution in [1.82, 2.24) is 20.1 Å². The molecule has 0 radical (unpaired) electrons. The van der Waals surface area contributed by atoms with Crippen LogP contribution in [0.1, 0.15) is 36.9 Å². The van der Waals surface area contributed by atoms with Crippen LogP contribution in [0, 0.1) is 18.8 Å². The highest BCUT2D eigenvalue weighted by Gasteiger charge is 2.32. The fourth-order valence-electron chi connectivity index (χ4n) is 5.94. The van der Waals surface area contributed by atoms with Crippen molar-refractivity contribution in [3.05, 3.63) is 72.1 Å². The minimum Gasteiger partial charge on any atom is -0.492 e. The van der Waals surface area contributed by atoms with Gasteiger partial charge in [0.1, 0.15) is 5.75 Å². The van der Waals surface area contributed by atoms with Gasteiger partial charge in [0, 0.05) is 43.8 Å². The number of nitrogens with zero attached hydrogens (tertiary/aromatic N) is 3. The lowest BCUT2D eigenvalue weighted by atomic mass is 9.88. The van der Waals surface area contributed by atoms with E-state index in [1.54, 1.807) is 6.20 Å². The molecule has 6 heteroatoms. The Kier molecular flexibility index (Phi) is 8.37. The van der Waals surface area contributed by atoms with E-state index in [1.807, 2.05) is 19.1 Å². The van der Waals surface area contributed by atoms with E-state index in [1.165, 1.54) is 35.7 Å². The quantitative estimate of drug-likeness (QED) is 0.463. The summed E-state index contributed by atoms with van der Waals surface area (Å²) < 4.78 is 6.12. The Bertz CT molecular complexity index is 1180. The van der Waals surface area contributed by atoms with E-state index in [0.29, 0.717) is 12.6 Å². The number of hydrogen-bond acceptors (Lipinski definition) is 5. The molecule has 6 nitrogen and oxygen atoms in total. The number of ether oxygens (including phenoxy) is 1. The SMILES string of the molecule is Cc1ccc(OC[C@H]2C[C@@H](C(=O)NCC[C@@H]3CCCN3C)CN(Cc3ccc4ccccc4c3)C2)cn1. The van der Waals surface area contributed by atoms with Gasteiger partial charge in [0.15, 0.2) is 0 Å². The number of likely N-dealkylation sites (tertiary alicyclic amines) is 2. The van der Waals surface area contributed by atoms with E-state index < -0.39 is 0 Å². The third-order valence-electron chi connectivity index (χ3n) is 8.02. The molecule has 5 rings (SSSR count). The highest BCUT2D eigenvalue weighted by Crippen LogP contribution is 2.26. The molecule has 3 atom stereocenters. The maximum absolute atomic E-state index is 13.3. The molecule has 2 aliphatic heterocycles. The number of benzene rings is 2. The summed E-state index contributed by atoms with van der Waals surface area (Å²) in [7, 11) is 2.19. The van der Waals surface area contributed by atoms with E-state index in [9.17, 15) is 4.79 Å². The van der Waals surface area contributed by atoms with Gasteiger partial charge in [0.05, 0.1) is 18.7 Å². The van der Waals surface area contributed by atoms with Gasteiger partial charge in [-0.05, 0) is 80.7 Å². The molecular weight excluding hydrogens is 460 g/mol. The third kappa shape index (κ3) is 6.88. The number of carbonyl (C=O) groups excluding carboxylic acids is 1. The number of fused-ring (bicyclic) bond motifs is 1. The van der Waals surface area contributed by atoms with E-state index >= 15 is 0 Å². The molecule has 1 amide bonds. The molecule has 3 aromatic rings. The van der Waals surface area contributed by atoms with Crippen molar-refractivity contribution >= 4 is 16.7 Å². The van der Waals surface area contributed by atoms with Gasteiger partial charge < -0.3 is 15.0 Å². The van der Waals surface area contributed by atoms with Crippen LogP contribution in [-0.2, 0) is 11.3 Å². The number of nitrogens with one attached hydrogen (secondary N) is 1. The average Bonchev–Trinajstić information content (AvgIpc) is 3.32. The molecule has 2 aromatic carbocycles. The number of pyridine rings is 1. The molecule has 2 aliphatic rings. The number of aromatic nitrogens is 1. The monoisotopic (exact) mass is 500 g/mol. The maximum Gasteiger partial charge on any atom is 0.224 e. The zero-order chi connectivity index (χ0) is 25.6. The standard InChI is InChI=1S/C31H40N4O2/c1-23-9-12-30(18-33-23)37-22-25-17-28(31(36)32-14-13-29-8-5-15-34(29)2)21-35(20-25)19-24-10-11-26-6-3-4-7-27(26)16-24/h3-4,6-7,9-12,16,18,25,28-29H,5,8,13-15,17,19-22H2,1-2H3,(H,32,36)/t25-,28+,29-/m0/s1. The zero-order valence-corrected chi connectivity index (χ0v) is 22.2. The van der Waals surface area contributed by atoms with Crippen LogP contribution in [0.3, 0.4) is 0 Å². The minimum absolute atomic E-state index is 0.0275. The van der Waals surface area contributed by atoms with Crippen LogP contribution < -0.4 is 10.1 Å². The molecule has 0 bridgehead atoms. The van der Waals surface area contributed by atoms with E-state index in [-0.39, 0.29) is 17.7 Å². The Hall–Kier alpha value is -2.96. The lowest BCUT2D eigenvalue weighted by Gasteiger charge is -2.37. The van der Waals surface area contributed by atoms with Gasteiger partial charge in [-0.25, -0.2) is 0 Å². The summed E-state index contributed by atoms with van der Waals surface area (Å²) in [6.45, 7) is 7.03. The first kappa shape index (κ1) is 25.7. The van der Waals surface area contributed by atoms with Crippen LogP contribution in [0.25, 0.3) is 10.8 Å². The van der Waals surface area contributed by atoms with Crippen molar-refractivity contribution in [3.8, 4) is 5.75 Å². The molecule has 196 valence electrons. The zero-order valence-electron chi connectivity index (χ0n) is 22.2. The van der Waals surface area contributed by atoms with Crippen molar-refractivity contribution in [2.45, 2.75) is 45.2 Å². The van der Waals surface area contributed by atoms with Gasteiger partial charge in [-0.15, -0.1) is 0 Å². The molecule has 0 aliphatic carbocycles. The van der Waals surface area contributed by atoms with E-state index in [0.717, 1.165) is 50.5 Å². The molecule has 1 aromatic heterocycles. The summed E-state index contributed by atoms with van der Waals surface area (Å²) in [5.41, 5.74) is 2.26. The number of aryl methyl sites for hydroxylation is 1. The highest BCUT2D eigenvalue weighted by molar-refractivity contribution is 5.83. The normalized spacial score (nSPS) is 22.8. The van der Waals surface area contributed by atoms with Crippen LogP contribution in [0.5, 0.6) is 5.75 Å². The van der Waals surface area contributed by atoms with Crippen LogP contribution in [0.2, 0.25) is 0 Å². The fourth-order valence-corrected chi connectivity index (χ4v) is 5.94. The molecule has 0 unspecified atom stereocenters. The molecule has 37 heavy (non-hydrogen) atoms. The lowest BCUT2D eigenvalue weighted by molar-refractivity contribution is -0.127. The van der Waals surface area contributed by atoms with Crippen LogP contribution in [0.4, 0.5) is 0 Å². The van der Waals surface area contributed by atoms with E-state index in [4.69, 9.17) is 4.74 Å². The second kappa shape index (κ2) is 12.1. The van der Waals surface area contributed by atoms with Gasteiger partial charge in [-0.1, -0.05) is 36.4 Å².